The predicted molar refractivity (Wildman–Crippen MR) is 72.4 cm³/mol. The van der Waals surface area contributed by atoms with Crippen LogP contribution in [0.4, 0.5) is 0 Å². The Labute approximate surface area is 109 Å². The summed E-state index contributed by atoms with van der Waals surface area (Å²) in [6, 6.07) is 6.00. The monoisotopic (exact) mass is 253 g/mol. The molecular weight excluding hydrogens is 230 g/mol. The largest absolute Gasteiger partial charge is 0.493 e. The number of nitrogens with one attached hydrogen (secondary N) is 1. The molecule has 0 aromatic heterocycles. The zero-order valence-electron chi connectivity index (χ0n) is 11.5. The van der Waals surface area contributed by atoms with E-state index in [2.05, 4.69) is 12.2 Å². The number of ether oxygens (including phenoxy) is 3. The van der Waals surface area contributed by atoms with Crippen LogP contribution in [-0.4, -0.2) is 34.0 Å². The topological polar surface area (TPSA) is 39.7 Å². The second kappa shape index (κ2) is 8.78. The first kappa shape index (κ1) is 14.8. The maximum Gasteiger partial charge on any atom is 0.161 e. The zero-order chi connectivity index (χ0) is 13.2. The van der Waals surface area contributed by atoms with Crippen LogP contribution in [0.15, 0.2) is 18.2 Å². The Morgan fingerprint density at radius 2 is 1.94 bits per heavy atom. The summed E-state index contributed by atoms with van der Waals surface area (Å²) in [5.74, 6) is 1.52. The van der Waals surface area contributed by atoms with Gasteiger partial charge in [-0.3, -0.25) is 0 Å². The summed E-state index contributed by atoms with van der Waals surface area (Å²) in [5.41, 5.74) is 1.19. The van der Waals surface area contributed by atoms with Gasteiger partial charge >= 0.3 is 0 Å². The number of methoxy groups -OCH3 is 2. The molecule has 0 saturated carbocycles. The minimum absolute atomic E-state index is 0.528. The van der Waals surface area contributed by atoms with Gasteiger partial charge in [-0.1, -0.05) is 13.0 Å². The van der Waals surface area contributed by atoms with E-state index in [1.807, 2.05) is 18.2 Å². The second-order valence-corrected chi connectivity index (χ2v) is 4.00. The molecule has 0 amide bonds. The minimum atomic E-state index is 0.528. The van der Waals surface area contributed by atoms with Crippen LogP contribution >= 0.6 is 0 Å². The minimum Gasteiger partial charge on any atom is -0.493 e. The lowest BCUT2D eigenvalue weighted by atomic mass is 10.2. The molecule has 1 rings (SSSR count). The van der Waals surface area contributed by atoms with E-state index in [9.17, 15) is 0 Å². The van der Waals surface area contributed by atoms with E-state index in [-0.39, 0.29) is 0 Å². The van der Waals surface area contributed by atoms with Crippen molar-refractivity contribution >= 4 is 0 Å². The molecule has 0 fully saturated rings. The van der Waals surface area contributed by atoms with E-state index in [0.29, 0.717) is 13.2 Å². The third-order valence-corrected chi connectivity index (χ3v) is 2.53. The zero-order valence-corrected chi connectivity index (χ0v) is 11.5. The highest BCUT2D eigenvalue weighted by Crippen LogP contribution is 2.27. The SMILES string of the molecule is CCCNCc1ccc(OCCOC)c(OC)c1. The molecule has 0 radical (unpaired) electrons. The van der Waals surface area contributed by atoms with E-state index in [4.69, 9.17) is 14.2 Å². The Kier molecular flexibility index (Phi) is 7.22. The molecule has 0 unspecified atom stereocenters. The van der Waals surface area contributed by atoms with Gasteiger partial charge in [-0.25, -0.2) is 0 Å². The van der Waals surface area contributed by atoms with Gasteiger partial charge < -0.3 is 19.5 Å². The molecule has 0 bridgehead atoms. The molecule has 4 nitrogen and oxygen atoms in total. The highest BCUT2D eigenvalue weighted by atomic mass is 16.5. The number of rotatable bonds is 9. The van der Waals surface area contributed by atoms with Gasteiger partial charge in [0.25, 0.3) is 0 Å². The van der Waals surface area contributed by atoms with Gasteiger partial charge in [-0.15, -0.1) is 0 Å². The summed E-state index contributed by atoms with van der Waals surface area (Å²) in [4.78, 5) is 0. The molecule has 4 heteroatoms. The van der Waals surface area contributed by atoms with E-state index in [1.165, 1.54) is 5.56 Å². The van der Waals surface area contributed by atoms with Crippen LogP contribution < -0.4 is 14.8 Å². The molecule has 1 N–H and O–H groups in total. The third kappa shape index (κ3) is 4.94. The summed E-state index contributed by atoms with van der Waals surface area (Å²) in [5, 5.41) is 3.36. The number of hydrogen-bond acceptors (Lipinski definition) is 4. The molecule has 0 aliphatic heterocycles. The lowest BCUT2D eigenvalue weighted by molar-refractivity contribution is 0.144. The third-order valence-electron chi connectivity index (χ3n) is 2.53. The molecule has 0 spiro atoms. The van der Waals surface area contributed by atoms with Gasteiger partial charge in [0.2, 0.25) is 0 Å². The van der Waals surface area contributed by atoms with Crippen LogP contribution in [0.25, 0.3) is 0 Å². The first-order valence-corrected chi connectivity index (χ1v) is 6.31. The van der Waals surface area contributed by atoms with Crippen LogP contribution in [0.5, 0.6) is 11.5 Å². The van der Waals surface area contributed by atoms with Gasteiger partial charge in [0.05, 0.1) is 13.7 Å². The Hall–Kier alpha value is -1.26. The standard InChI is InChI=1S/C14H23NO3/c1-4-7-15-11-12-5-6-13(14(10-12)17-3)18-9-8-16-2/h5-6,10,15H,4,7-9,11H2,1-3H3. The summed E-state index contributed by atoms with van der Waals surface area (Å²) < 4.78 is 15.9. The molecule has 18 heavy (non-hydrogen) atoms. The lowest BCUT2D eigenvalue weighted by Crippen LogP contribution is -2.13. The molecule has 1 aromatic carbocycles. The maximum atomic E-state index is 5.58. The van der Waals surface area contributed by atoms with Crippen LogP contribution in [0, 0.1) is 0 Å². The van der Waals surface area contributed by atoms with E-state index in [1.54, 1.807) is 14.2 Å². The Balaban J connectivity index is 2.58. The van der Waals surface area contributed by atoms with Crippen molar-refractivity contribution in [3.05, 3.63) is 23.8 Å². The highest BCUT2D eigenvalue weighted by Gasteiger charge is 2.05. The average molecular weight is 253 g/mol. The van der Waals surface area contributed by atoms with Gasteiger partial charge in [0.15, 0.2) is 11.5 Å². The van der Waals surface area contributed by atoms with Gasteiger partial charge in [0, 0.05) is 13.7 Å². The second-order valence-electron chi connectivity index (χ2n) is 4.00. The fraction of sp³-hybridized carbons (Fsp3) is 0.571. The van der Waals surface area contributed by atoms with Crippen molar-refractivity contribution in [3.8, 4) is 11.5 Å². The van der Waals surface area contributed by atoms with Crippen molar-refractivity contribution in [3.63, 3.8) is 0 Å². The van der Waals surface area contributed by atoms with Gasteiger partial charge in [0.1, 0.15) is 6.61 Å². The Morgan fingerprint density at radius 3 is 2.61 bits per heavy atom. The summed E-state index contributed by atoms with van der Waals surface area (Å²) in [7, 11) is 3.31. The quantitative estimate of drug-likeness (QED) is 0.685. The fourth-order valence-electron chi connectivity index (χ4n) is 1.59. The summed E-state index contributed by atoms with van der Waals surface area (Å²) in [6.07, 6.45) is 1.13. The van der Waals surface area contributed by atoms with Crippen LogP contribution in [0.3, 0.4) is 0 Å². The van der Waals surface area contributed by atoms with Crippen molar-refractivity contribution in [2.45, 2.75) is 19.9 Å². The molecule has 0 aliphatic rings. The smallest absolute Gasteiger partial charge is 0.161 e. The predicted octanol–water partition coefficient (Wildman–Crippen LogP) is 2.22. The molecular formula is C14H23NO3. The first-order chi connectivity index (χ1) is 8.81. The van der Waals surface area contributed by atoms with E-state index >= 15 is 0 Å². The normalized spacial score (nSPS) is 10.4. The van der Waals surface area contributed by atoms with E-state index in [0.717, 1.165) is 31.0 Å². The summed E-state index contributed by atoms with van der Waals surface area (Å²) >= 11 is 0. The molecule has 1 aromatic rings. The average Bonchev–Trinajstić information content (AvgIpc) is 2.40. The molecule has 102 valence electrons. The van der Waals surface area contributed by atoms with Crippen LogP contribution in [0.2, 0.25) is 0 Å². The maximum absolute atomic E-state index is 5.58. The van der Waals surface area contributed by atoms with Crippen LogP contribution in [0.1, 0.15) is 18.9 Å². The molecule has 0 saturated heterocycles. The van der Waals surface area contributed by atoms with Gasteiger partial charge in [-0.2, -0.15) is 0 Å². The Morgan fingerprint density at radius 1 is 1.11 bits per heavy atom. The number of hydrogen-bond donors (Lipinski definition) is 1. The van der Waals surface area contributed by atoms with Crippen molar-refractivity contribution in [2.24, 2.45) is 0 Å². The molecule has 0 aliphatic carbocycles. The fourth-order valence-corrected chi connectivity index (χ4v) is 1.59. The Bertz CT molecular complexity index is 342. The van der Waals surface area contributed by atoms with Crippen molar-refractivity contribution in [2.75, 3.05) is 34.0 Å². The van der Waals surface area contributed by atoms with Crippen molar-refractivity contribution < 1.29 is 14.2 Å². The van der Waals surface area contributed by atoms with Gasteiger partial charge in [-0.05, 0) is 30.7 Å². The number of benzene rings is 1. The van der Waals surface area contributed by atoms with Crippen molar-refractivity contribution in [1.29, 1.82) is 0 Å². The highest BCUT2D eigenvalue weighted by molar-refractivity contribution is 5.42. The first-order valence-electron chi connectivity index (χ1n) is 6.31. The lowest BCUT2D eigenvalue weighted by Gasteiger charge is -2.12. The van der Waals surface area contributed by atoms with E-state index < -0.39 is 0 Å². The van der Waals surface area contributed by atoms with Crippen molar-refractivity contribution in [1.82, 2.24) is 5.32 Å². The summed E-state index contributed by atoms with van der Waals surface area (Å²) in [6.45, 7) is 5.13. The molecule has 0 heterocycles. The van der Waals surface area contributed by atoms with Crippen LogP contribution in [-0.2, 0) is 11.3 Å². The molecule has 0 atom stereocenters.